The van der Waals surface area contributed by atoms with Crippen molar-refractivity contribution in [3.8, 4) is 0 Å². The molecule has 0 bridgehead atoms. The standard InChI is InChI=1S/C23H18F3N3O2S2/c24-23(25,26)15-5-3-6-16(13-15)27-20(30)14-33-22-28-19-9-2-1-8-18(19)21(31)29(22)11-10-17-7-4-12-32-17/h1-9,12-13H,10-11,14H2,(H,27,30). The highest BCUT2D eigenvalue weighted by Crippen LogP contribution is 2.30. The number of amides is 1. The van der Waals surface area contributed by atoms with Crippen LogP contribution in [0.1, 0.15) is 10.4 Å². The van der Waals surface area contributed by atoms with E-state index in [9.17, 15) is 22.8 Å². The summed E-state index contributed by atoms with van der Waals surface area (Å²) in [6, 6.07) is 15.4. The van der Waals surface area contributed by atoms with E-state index in [-0.39, 0.29) is 17.0 Å². The molecular weight excluding hydrogens is 471 g/mol. The molecule has 4 rings (SSSR count). The number of hydrogen-bond acceptors (Lipinski definition) is 5. The lowest BCUT2D eigenvalue weighted by atomic mass is 10.2. The highest BCUT2D eigenvalue weighted by molar-refractivity contribution is 7.99. The molecule has 0 atom stereocenters. The van der Waals surface area contributed by atoms with Crippen LogP contribution in [0.15, 0.2) is 76.0 Å². The fraction of sp³-hybridized carbons (Fsp3) is 0.174. The number of carbonyl (C=O) groups is 1. The maximum absolute atomic E-state index is 13.1. The van der Waals surface area contributed by atoms with Gasteiger partial charge in [-0.15, -0.1) is 11.3 Å². The van der Waals surface area contributed by atoms with Crippen molar-refractivity contribution in [2.45, 2.75) is 24.3 Å². The van der Waals surface area contributed by atoms with Crippen molar-refractivity contribution < 1.29 is 18.0 Å². The summed E-state index contributed by atoms with van der Waals surface area (Å²) in [6.07, 6.45) is -3.86. The molecule has 4 aromatic rings. The second kappa shape index (κ2) is 9.80. The van der Waals surface area contributed by atoms with E-state index < -0.39 is 17.6 Å². The molecule has 0 fully saturated rings. The minimum Gasteiger partial charge on any atom is -0.325 e. The molecule has 2 heterocycles. The maximum Gasteiger partial charge on any atom is 0.416 e. The van der Waals surface area contributed by atoms with Gasteiger partial charge in [0.05, 0.1) is 22.2 Å². The van der Waals surface area contributed by atoms with Crippen molar-refractivity contribution in [2.24, 2.45) is 0 Å². The van der Waals surface area contributed by atoms with E-state index in [1.165, 1.54) is 12.1 Å². The SMILES string of the molecule is O=C(CSc1nc2ccccc2c(=O)n1CCc1cccs1)Nc1cccc(C(F)(F)F)c1. The summed E-state index contributed by atoms with van der Waals surface area (Å²) in [5.74, 6) is -0.605. The fourth-order valence-electron chi connectivity index (χ4n) is 3.23. The van der Waals surface area contributed by atoms with Gasteiger partial charge in [0.25, 0.3) is 5.56 Å². The van der Waals surface area contributed by atoms with E-state index in [4.69, 9.17) is 0 Å². The molecule has 2 aromatic carbocycles. The highest BCUT2D eigenvalue weighted by Gasteiger charge is 2.30. The van der Waals surface area contributed by atoms with Crippen LogP contribution in [-0.2, 0) is 23.9 Å². The predicted molar refractivity (Wildman–Crippen MR) is 125 cm³/mol. The van der Waals surface area contributed by atoms with Crippen LogP contribution in [0.2, 0.25) is 0 Å². The Hall–Kier alpha value is -3.11. The lowest BCUT2D eigenvalue weighted by Gasteiger charge is -2.13. The zero-order chi connectivity index (χ0) is 23.4. The number of nitrogens with zero attached hydrogens (tertiary/aromatic N) is 2. The molecule has 10 heteroatoms. The van der Waals surface area contributed by atoms with Crippen molar-refractivity contribution in [1.82, 2.24) is 9.55 Å². The number of anilines is 1. The minimum atomic E-state index is -4.50. The van der Waals surface area contributed by atoms with Crippen LogP contribution in [0.25, 0.3) is 10.9 Å². The van der Waals surface area contributed by atoms with Crippen LogP contribution < -0.4 is 10.9 Å². The second-order valence-electron chi connectivity index (χ2n) is 7.11. The number of para-hydroxylation sites is 1. The Morgan fingerprint density at radius 1 is 1.09 bits per heavy atom. The summed E-state index contributed by atoms with van der Waals surface area (Å²) < 4.78 is 40.3. The number of fused-ring (bicyclic) bond motifs is 1. The van der Waals surface area contributed by atoms with Gasteiger partial charge in [0, 0.05) is 17.1 Å². The molecule has 0 radical (unpaired) electrons. The van der Waals surface area contributed by atoms with Crippen LogP contribution >= 0.6 is 23.1 Å². The highest BCUT2D eigenvalue weighted by atomic mass is 32.2. The first-order chi connectivity index (χ1) is 15.8. The summed E-state index contributed by atoms with van der Waals surface area (Å²) in [5, 5.41) is 5.31. The maximum atomic E-state index is 13.1. The number of rotatable bonds is 7. The first kappa shape index (κ1) is 23.1. The van der Waals surface area contributed by atoms with Crippen molar-refractivity contribution in [2.75, 3.05) is 11.1 Å². The topological polar surface area (TPSA) is 64.0 Å². The molecule has 2 aromatic heterocycles. The number of thiophene rings is 1. The molecule has 33 heavy (non-hydrogen) atoms. The number of aryl methyl sites for hydroxylation is 1. The summed E-state index contributed by atoms with van der Waals surface area (Å²) in [5.41, 5.74) is -0.461. The Bertz CT molecular complexity index is 1340. The van der Waals surface area contributed by atoms with Crippen molar-refractivity contribution >= 4 is 45.6 Å². The summed E-state index contributed by atoms with van der Waals surface area (Å²) >= 11 is 2.66. The van der Waals surface area contributed by atoms with E-state index in [1.54, 1.807) is 40.2 Å². The molecule has 0 saturated heterocycles. The monoisotopic (exact) mass is 489 g/mol. The number of aromatic nitrogens is 2. The zero-order valence-electron chi connectivity index (χ0n) is 17.1. The first-order valence-electron chi connectivity index (χ1n) is 9.93. The van der Waals surface area contributed by atoms with Crippen LogP contribution in [0.3, 0.4) is 0 Å². The van der Waals surface area contributed by atoms with Gasteiger partial charge in [-0.1, -0.05) is 36.0 Å². The molecule has 0 spiro atoms. The van der Waals surface area contributed by atoms with Gasteiger partial charge in [0.15, 0.2) is 5.16 Å². The second-order valence-corrected chi connectivity index (χ2v) is 9.09. The predicted octanol–water partition coefficient (Wildman–Crippen LogP) is 5.45. The van der Waals surface area contributed by atoms with Gasteiger partial charge >= 0.3 is 6.18 Å². The molecule has 0 aliphatic heterocycles. The van der Waals surface area contributed by atoms with Gasteiger partial charge in [0.1, 0.15) is 0 Å². The average Bonchev–Trinajstić information content (AvgIpc) is 3.30. The van der Waals surface area contributed by atoms with Gasteiger partial charge in [-0.05, 0) is 48.2 Å². The van der Waals surface area contributed by atoms with E-state index in [2.05, 4.69) is 10.3 Å². The van der Waals surface area contributed by atoms with E-state index in [1.807, 2.05) is 17.5 Å². The molecule has 1 amide bonds. The summed E-state index contributed by atoms with van der Waals surface area (Å²) in [6.45, 7) is 0.398. The Labute approximate surface area is 195 Å². The van der Waals surface area contributed by atoms with Gasteiger partial charge in [-0.2, -0.15) is 13.2 Å². The van der Waals surface area contributed by atoms with Gasteiger partial charge < -0.3 is 5.32 Å². The number of hydrogen-bond donors (Lipinski definition) is 1. The number of thioether (sulfide) groups is 1. The number of alkyl halides is 3. The van der Waals surface area contributed by atoms with Crippen LogP contribution in [-0.4, -0.2) is 21.2 Å². The van der Waals surface area contributed by atoms with Gasteiger partial charge in [-0.3, -0.25) is 14.2 Å². The molecule has 0 unspecified atom stereocenters. The smallest absolute Gasteiger partial charge is 0.325 e. The Morgan fingerprint density at radius 2 is 1.91 bits per heavy atom. The van der Waals surface area contributed by atoms with Crippen LogP contribution in [0.4, 0.5) is 18.9 Å². The summed E-state index contributed by atoms with van der Waals surface area (Å²) in [4.78, 5) is 31.2. The molecule has 0 saturated carbocycles. The Balaban J connectivity index is 1.53. The minimum absolute atomic E-state index is 0.0528. The quantitative estimate of drug-likeness (QED) is 0.277. The molecule has 170 valence electrons. The van der Waals surface area contributed by atoms with E-state index in [0.29, 0.717) is 29.0 Å². The zero-order valence-corrected chi connectivity index (χ0v) is 18.8. The first-order valence-corrected chi connectivity index (χ1v) is 11.8. The Kier molecular flexibility index (Phi) is 6.85. The normalized spacial score (nSPS) is 11.6. The third-order valence-corrected chi connectivity index (χ3v) is 6.71. The van der Waals surface area contributed by atoms with Gasteiger partial charge in [-0.25, -0.2) is 4.98 Å². The third-order valence-electron chi connectivity index (χ3n) is 4.79. The molecule has 0 aliphatic carbocycles. The van der Waals surface area contributed by atoms with Gasteiger partial charge in [0.2, 0.25) is 5.91 Å². The van der Waals surface area contributed by atoms with E-state index in [0.717, 1.165) is 28.8 Å². The lowest BCUT2D eigenvalue weighted by Crippen LogP contribution is -2.25. The van der Waals surface area contributed by atoms with Crippen molar-refractivity contribution in [3.63, 3.8) is 0 Å². The fourth-order valence-corrected chi connectivity index (χ4v) is 4.76. The summed E-state index contributed by atoms with van der Waals surface area (Å²) in [7, 11) is 0. The number of halogens is 3. The molecular formula is C23H18F3N3O2S2. The third kappa shape index (κ3) is 5.63. The van der Waals surface area contributed by atoms with Crippen LogP contribution in [0.5, 0.6) is 0 Å². The van der Waals surface area contributed by atoms with Crippen molar-refractivity contribution in [3.05, 3.63) is 86.8 Å². The van der Waals surface area contributed by atoms with Crippen LogP contribution in [0, 0.1) is 0 Å². The Morgan fingerprint density at radius 3 is 2.67 bits per heavy atom. The molecule has 0 aliphatic rings. The number of carbonyl (C=O) groups excluding carboxylic acids is 1. The number of nitrogens with one attached hydrogen (secondary N) is 1. The molecule has 1 N–H and O–H groups in total. The lowest BCUT2D eigenvalue weighted by molar-refractivity contribution is -0.137. The average molecular weight is 490 g/mol. The van der Waals surface area contributed by atoms with Crippen molar-refractivity contribution in [1.29, 1.82) is 0 Å². The number of benzene rings is 2. The largest absolute Gasteiger partial charge is 0.416 e. The molecule has 5 nitrogen and oxygen atoms in total. The van der Waals surface area contributed by atoms with E-state index >= 15 is 0 Å².